The fourth-order valence-electron chi connectivity index (χ4n) is 2.08. The molecular formula is C16H18N4O. The predicted octanol–water partition coefficient (Wildman–Crippen LogP) is 2.60. The summed E-state index contributed by atoms with van der Waals surface area (Å²) in [5, 5.41) is 0.787. The number of benzene rings is 1. The highest BCUT2D eigenvalue weighted by atomic mass is 16.1. The molecule has 3 aromatic rings. The number of anilines is 1. The number of nitrogens with two attached hydrogens (primary N) is 1. The summed E-state index contributed by atoms with van der Waals surface area (Å²) in [6.07, 6.45) is 1.63. The molecule has 0 saturated carbocycles. The lowest BCUT2D eigenvalue weighted by Gasteiger charge is -2.08. The normalized spacial score (nSPS) is 10.0. The summed E-state index contributed by atoms with van der Waals surface area (Å²) in [5.74, 6) is 0.162. The van der Waals surface area contributed by atoms with Gasteiger partial charge in [-0.2, -0.15) is 4.98 Å². The van der Waals surface area contributed by atoms with Crippen molar-refractivity contribution in [3.8, 4) is 11.1 Å². The van der Waals surface area contributed by atoms with Gasteiger partial charge in [0.2, 0.25) is 5.95 Å². The minimum Gasteiger partial charge on any atom is -0.368 e. The Balaban J connectivity index is 0.000000774. The average molecular weight is 282 g/mol. The molecule has 0 aliphatic carbocycles. The molecule has 0 bridgehead atoms. The van der Waals surface area contributed by atoms with E-state index in [2.05, 4.69) is 9.97 Å². The number of fused-ring (bicyclic) bond motifs is 1. The lowest BCUT2D eigenvalue weighted by Crippen LogP contribution is -2.20. The van der Waals surface area contributed by atoms with Crippen LogP contribution in [0.4, 0.5) is 5.95 Å². The third kappa shape index (κ3) is 2.76. The van der Waals surface area contributed by atoms with E-state index in [0.717, 1.165) is 10.9 Å². The van der Waals surface area contributed by atoms with Crippen molar-refractivity contribution < 1.29 is 0 Å². The number of rotatable bonds is 1. The quantitative estimate of drug-likeness (QED) is 0.744. The summed E-state index contributed by atoms with van der Waals surface area (Å²) in [4.78, 5) is 20.4. The molecule has 0 amide bonds. The topological polar surface area (TPSA) is 73.8 Å². The molecule has 2 N–H and O–H groups in total. The van der Waals surface area contributed by atoms with Crippen LogP contribution in [0.15, 0.2) is 47.4 Å². The smallest absolute Gasteiger partial charge is 0.259 e. The van der Waals surface area contributed by atoms with Gasteiger partial charge in [-0.15, -0.1) is 0 Å². The highest BCUT2D eigenvalue weighted by molar-refractivity contribution is 5.81. The standard InChI is InChI=1S/C14H12N4O.C2H6/c1-18-12-10(8-16-14(15)17-12)7-11(13(18)19)9-5-3-2-4-6-9;1-2/h2-8H,1H3,(H2,15,16,17);1-2H3. The number of nitrogens with zero attached hydrogens (tertiary/aromatic N) is 3. The molecule has 5 nitrogen and oxygen atoms in total. The predicted molar refractivity (Wildman–Crippen MR) is 86.0 cm³/mol. The molecule has 0 aliphatic heterocycles. The first-order chi connectivity index (χ1) is 10.2. The molecule has 0 aliphatic rings. The second-order valence-electron chi connectivity index (χ2n) is 4.30. The van der Waals surface area contributed by atoms with Crippen molar-refractivity contribution >= 4 is 17.0 Å². The fraction of sp³-hybridized carbons (Fsp3) is 0.188. The molecule has 21 heavy (non-hydrogen) atoms. The molecular weight excluding hydrogens is 264 g/mol. The first-order valence-electron chi connectivity index (χ1n) is 6.84. The van der Waals surface area contributed by atoms with Crippen molar-refractivity contribution in [1.29, 1.82) is 0 Å². The lowest BCUT2D eigenvalue weighted by molar-refractivity contribution is 0.887. The van der Waals surface area contributed by atoms with Crippen LogP contribution in [0.1, 0.15) is 13.8 Å². The molecule has 3 rings (SSSR count). The van der Waals surface area contributed by atoms with E-state index in [1.165, 1.54) is 4.57 Å². The van der Waals surface area contributed by atoms with Gasteiger partial charge < -0.3 is 5.73 Å². The SMILES string of the molecule is CC.Cn1c(=O)c(-c2ccccc2)cc2cnc(N)nc21. The number of hydrogen-bond acceptors (Lipinski definition) is 4. The number of aromatic nitrogens is 3. The highest BCUT2D eigenvalue weighted by Gasteiger charge is 2.09. The summed E-state index contributed by atoms with van der Waals surface area (Å²) in [6.45, 7) is 4.00. The van der Waals surface area contributed by atoms with E-state index in [1.54, 1.807) is 19.3 Å². The summed E-state index contributed by atoms with van der Waals surface area (Å²) in [6, 6.07) is 11.3. The average Bonchev–Trinajstić information content (AvgIpc) is 2.54. The maximum atomic E-state index is 12.4. The number of aryl methyl sites for hydroxylation is 1. The van der Waals surface area contributed by atoms with Gasteiger partial charge in [0.1, 0.15) is 5.65 Å². The van der Waals surface area contributed by atoms with Crippen LogP contribution in [0.3, 0.4) is 0 Å². The fourth-order valence-corrected chi connectivity index (χ4v) is 2.08. The van der Waals surface area contributed by atoms with Crippen LogP contribution in [0.5, 0.6) is 0 Å². The molecule has 0 spiro atoms. The first-order valence-corrected chi connectivity index (χ1v) is 6.84. The molecule has 2 aromatic heterocycles. The maximum absolute atomic E-state index is 12.4. The van der Waals surface area contributed by atoms with E-state index in [4.69, 9.17) is 5.73 Å². The van der Waals surface area contributed by atoms with Crippen LogP contribution < -0.4 is 11.3 Å². The Bertz CT molecular complexity index is 810. The summed E-state index contributed by atoms with van der Waals surface area (Å²) < 4.78 is 1.50. The van der Waals surface area contributed by atoms with Crippen LogP contribution in [0, 0.1) is 0 Å². The maximum Gasteiger partial charge on any atom is 0.259 e. The molecule has 2 heterocycles. The summed E-state index contributed by atoms with van der Waals surface area (Å²) in [5.41, 5.74) is 7.50. The van der Waals surface area contributed by atoms with Crippen molar-refractivity contribution in [2.75, 3.05) is 5.73 Å². The van der Waals surface area contributed by atoms with Crippen LogP contribution >= 0.6 is 0 Å². The Labute approximate surface area is 123 Å². The number of nitrogen functional groups attached to an aromatic ring is 1. The Morgan fingerprint density at radius 2 is 1.81 bits per heavy atom. The molecule has 108 valence electrons. The minimum absolute atomic E-state index is 0.100. The van der Waals surface area contributed by atoms with Crippen LogP contribution in [-0.4, -0.2) is 14.5 Å². The molecule has 1 aromatic carbocycles. The largest absolute Gasteiger partial charge is 0.368 e. The lowest BCUT2D eigenvalue weighted by atomic mass is 10.1. The van der Waals surface area contributed by atoms with Gasteiger partial charge in [-0.25, -0.2) is 4.98 Å². The third-order valence-electron chi connectivity index (χ3n) is 3.05. The van der Waals surface area contributed by atoms with Crippen molar-refractivity contribution in [1.82, 2.24) is 14.5 Å². The summed E-state index contributed by atoms with van der Waals surface area (Å²) >= 11 is 0. The molecule has 0 atom stereocenters. The van der Waals surface area contributed by atoms with E-state index in [1.807, 2.05) is 44.2 Å². The zero-order valence-electron chi connectivity index (χ0n) is 12.4. The van der Waals surface area contributed by atoms with E-state index < -0.39 is 0 Å². The van der Waals surface area contributed by atoms with E-state index in [9.17, 15) is 4.79 Å². The number of hydrogen-bond donors (Lipinski definition) is 1. The highest BCUT2D eigenvalue weighted by Crippen LogP contribution is 2.19. The van der Waals surface area contributed by atoms with E-state index in [0.29, 0.717) is 11.2 Å². The van der Waals surface area contributed by atoms with Gasteiger partial charge in [0.25, 0.3) is 5.56 Å². The Morgan fingerprint density at radius 3 is 2.48 bits per heavy atom. The van der Waals surface area contributed by atoms with Crippen molar-refractivity contribution in [3.05, 3.63) is 52.9 Å². The molecule has 0 unspecified atom stereocenters. The van der Waals surface area contributed by atoms with Gasteiger partial charge in [-0.1, -0.05) is 44.2 Å². The van der Waals surface area contributed by atoms with Gasteiger partial charge in [-0.3, -0.25) is 9.36 Å². The molecule has 5 heteroatoms. The Hall–Kier alpha value is -2.69. The third-order valence-corrected chi connectivity index (χ3v) is 3.05. The van der Waals surface area contributed by atoms with E-state index >= 15 is 0 Å². The van der Waals surface area contributed by atoms with Crippen molar-refractivity contribution in [2.45, 2.75) is 13.8 Å². The van der Waals surface area contributed by atoms with Crippen LogP contribution in [0.25, 0.3) is 22.2 Å². The van der Waals surface area contributed by atoms with Gasteiger partial charge in [-0.05, 0) is 11.6 Å². The number of pyridine rings is 1. The molecule has 0 radical (unpaired) electrons. The minimum atomic E-state index is -0.100. The zero-order chi connectivity index (χ0) is 15.4. The molecule has 0 fully saturated rings. The van der Waals surface area contributed by atoms with Crippen LogP contribution in [0.2, 0.25) is 0 Å². The first kappa shape index (κ1) is 14.7. The molecule has 0 saturated heterocycles. The summed E-state index contributed by atoms with van der Waals surface area (Å²) in [7, 11) is 1.68. The van der Waals surface area contributed by atoms with Gasteiger partial charge in [0, 0.05) is 24.2 Å². The Kier molecular flexibility index (Phi) is 4.33. The zero-order valence-corrected chi connectivity index (χ0v) is 12.4. The second-order valence-corrected chi connectivity index (χ2v) is 4.30. The monoisotopic (exact) mass is 282 g/mol. The van der Waals surface area contributed by atoms with Gasteiger partial charge in [0.05, 0.1) is 0 Å². The van der Waals surface area contributed by atoms with Crippen molar-refractivity contribution in [2.24, 2.45) is 7.05 Å². The van der Waals surface area contributed by atoms with E-state index in [-0.39, 0.29) is 11.5 Å². The Morgan fingerprint density at radius 1 is 1.14 bits per heavy atom. The van der Waals surface area contributed by atoms with Gasteiger partial charge in [0.15, 0.2) is 0 Å². The van der Waals surface area contributed by atoms with Crippen molar-refractivity contribution in [3.63, 3.8) is 0 Å². The van der Waals surface area contributed by atoms with Crippen LogP contribution in [-0.2, 0) is 7.05 Å². The van der Waals surface area contributed by atoms with Gasteiger partial charge >= 0.3 is 0 Å². The second kappa shape index (κ2) is 6.17.